The van der Waals surface area contributed by atoms with Gasteiger partial charge in [-0.05, 0) is 51.5 Å². The average molecular weight is 654 g/mol. The van der Waals surface area contributed by atoms with Crippen molar-refractivity contribution in [3.8, 4) is 0 Å². The van der Waals surface area contributed by atoms with Crippen LogP contribution >= 0.6 is 0 Å². The van der Waals surface area contributed by atoms with Gasteiger partial charge >= 0.3 is 5.97 Å². The van der Waals surface area contributed by atoms with Gasteiger partial charge in [-0.1, -0.05) is 112 Å². The summed E-state index contributed by atoms with van der Waals surface area (Å²) in [7, 11) is 0. The van der Waals surface area contributed by atoms with Crippen LogP contribution in [0.2, 0.25) is 0 Å². The zero-order chi connectivity index (χ0) is 34.7. The maximum atomic E-state index is 13.7. The standard InChI is InChI=1S/C35H67N5O6/c1-6-10-14-20-26(5)31(41)37-27(21-15-11-7-2)32(42)38-28(22-16-12-8-3)33(43)39-29(23-17-13-9-4)34(44)40-30(35(45)46)24-18-19-25-36/h26-30H,6-25,36H2,1-5H3,(H,37,41)(H,38,42)(H,39,43)(H,40,44)(H,45,46). The molecule has 11 nitrogen and oxygen atoms in total. The second-order valence-corrected chi connectivity index (χ2v) is 12.8. The van der Waals surface area contributed by atoms with Gasteiger partial charge < -0.3 is 32.1 Å². The molecule has 0 radical (unpaired) electrons. The van der Waals surface area contributed by atoms with Crippen LogP contribution in [-0.4, -0.2) is 65.4 Å². The van der Waals surface area contributed by atoms with Crippen molar-refractivity contribution in [2.45, 2.75) is 181 Å². The number of unbranched alkanes of at least 4 members (excludes halogenated alkanes) is 9. The van der Waals surface area contributed by atoms with Gasteiger partial charge in [0, 0.05) is 5.92 Å². The number of nitrogens with one attached hydrogen (secondary N) is 4. The first kappa shape index (κ1) is 43.3. The highest BCUT2D eigenvalue weighted by Crippen LogP contribution is 2.13. The van der Waals surface area contributed by atoms with Crippen LogP contribution in [0.1, 0.15) is 157 Å². The van der Waals surface area contributed by atoms with Gasteiger partial charge in [-0.25, -0.2) is 4.79 Å². The van der Waals surface area contributed by atoms with Crippen molar-refractivity contribution in [2.24, 2.45) is 11.7 Å². The number of carboxylic acids is 1. The van der Waals surface area contributed by atoms with E-state index in [0.29, 0.717) is 51.5 Å². The Labute approximate surface area is 278 Å². The molecule has 0 saturated heterocycles. The minimum atomic E-state index is -1.13. The molecule has 0 rings (SSSR count). The molecule has 268 valence electrons. The molecule has 7 N–H and O–H groups in total. The van der Waals surface area contributed by atoms with Gasteiger partial charge in [0.2, 0.25) is 23.6 Å². The Morgan fingerprint density at radius 3 is 1.13 bits per heavy atom. The van der Waals surface area contributed by atoms with E-state index in [1.807, 2.05) is 13.8 Å². The average Bonchev–Trinajstić information content (AvgIpc) is 3.02. The van der Waals surface area contributed by atoms with Crippen LogP contribution in [0.15, 0.2) is 0 Å². The van der Waals surface area contributed by atoms with Crippen molar-refractivity contribution in [2.75, 3.05) is 6.54 Å². The molecule has 0 heterocycles. The Bertz CT molecular complexity index is 870. The lowest BCUT2D eigenvalue weighted by Gasteiger charge is -2.27. The summed E-state index contributed by atoms with van der Waals surface area (Å²) >= 11 is 0. The molecule has 0 aliphatic carbocycles. The van der Waals surface area contributed by atoms with E-state index in [2.05, 4.69) is 42.0 Å². The molecular formula is C35H67N5O6. The van der Waals surface area contributed by atoms with Gasteiger partial charge in [0.25, 0.3) is 0 Å². The maximum absolute atomic E-state index is 13.7. The maximum Gasteiger partial charge on any atom is 0.326 e. The topological polar surface area (TPSA) is 180 Å². The van der Waals surface area contributed by atoms with E-state index in [9.17, 15) is 29.1 Å². The van der Waals surface area contributed by atoms with Crippen LogP contribution in [0.5, 0.6) is 0 Å². The molecule has 0 bridgehead atoms. The second kappa shape index (κ2) is 27.4. The summed E-state index contributed by atoms with van der Waals surface area (Å²) in [6.07, 6.45) is 14.1. The number of hydrogen-bond donors (Lipinski definition) is 6. The second-order valence-electron chi connectivity index (χ2n) is 12.8. The molecule has 5 unspecified atom stereocenters. The molecule has 46 heavy (non-hydrogen) atoms. The van der Waals surface area contributed by atoms with Crippen molar-refractivity contribution in [3.63, 3.8) is 0 Å². The number of carbonyl (C=O) groups excluding carboxylic acids is 4. The van der Waals surface area contributed by atoms with Crippen LogP contribution < -0.4 is 27.0 Å². The fourth-order valence-corrected chi connectivity index (χ4v) is 5.31. The quantitative estimate of drug-likeness (QED) is 0.0608. The minimum Gasteiger partial charge on any atom is -0.480 e. The lowest BCUT2D eigenvalue weighted by molar-refractivity contribution is -0.142. The predicted octanol–water partition coefficient (Wildman–Crippen LogP) is 5.10. The highest BCUT2D eigenvalue weighted by Gasteiger charge is 2.31. The molecule has 4 amide bonds. The number of aliphatic carboxylic acids is 1. The fraction of sp³-hybridized carbons (Fsp3) is 0.857. The lowest BCUT2D eigenvalue weighted by Crippen LogP contribution is -2.58. The summed E-state index contributed by atoms with van der Waals surface area (Å²) in [5, 5.41) is 21.0. The first-order chi connectivity index (χ1) is 22.1. The van der Waals surface area contributed by atoms with Crippen LogP contribution in [-0.2, 0) is 24.0 Å². The number of carbonyl (C=O) groups is 5. The van der Waals surface area contributed by atoms with Crippen LogP contribution in [0, 0.1) is 5.92 Å². The molecule has 0 fully saturated rings. The third-order valence-electron chi connectivity index (χ3n) is 8.44. The molecule has 0 aliphatic heterocycles. The molecule has 0 aliphatic rings. The Kier molecular flexibility index (Phi) is 25.8. The Morgan fingerprint density at radius 1 is 0.478 bits per heavy atom. The number of nitrogens with two attached hydrogens (primary N) is 1. The molecule has 0 saturated carbocycles. The first-order valence-corrected chi connectivity index (χ1v) is 18.2. The zero-order valence-corrected chi connectivity index (χ0v) is 29.6. The molecule has 5 atom stereocenters. The van der Waals surface area contributed by atoms with Crippen molar-refractivity contribution >= 4 is 29.6 Å². The Balaban J connectivity index is 5.87. The van der Waals surface area contributed by atoms with E-state index in [4.69, 9.17) is 5.73 Å². The third-order valence-corrected chi connectivity index (χ3v) is 8.44. The Morgan fingerprint density at radius 2 is 0.783 bits per heavy atom. The van der Waals surface area contributed by atoms with Gasteiger partial charge in [0.05, 0.1) is 0 Å². The van der Waals surface area contributed by atoms with Crippen LogP contribution in [0.4, 0.5) is 0 Å². The number of rotatable bonds is 29. The summed E-state index contributed by atoms with van der Waals surface area (Å²) in [5.74, 6) is -2.95. The van der Waals surface area contributed by atoms with Crippen molar-refractivity contribution in [1.29, 1.82) is 0 Å². The van der Waals surface area contributed by atoms with Gasteiger partial charge in [0.1, 0.15) is 24.2 Å². The minimum absolute atomic E-state index is 0.160. The largest absolute Gasteiger partial charge is 0.480 e. The van der Waals surface area contributed by atoms with Crippen molar-refractivity contribution in [1.82, 2.24) is 21.3 Å². The zero-order valence-electron chi connectivity index (χ0n) is 29.6. The van der Waals surface area contributed by atoms with Gasteiger partial charge in [-0.2, -0.15) is 0 Å². The highest BCUT2D eigenvalue weighted by atomic mass is 16.4. The van der Waals surface area contributed by atoms with E-state index >= 15 is 0 Å². The first-order valence-electron chi connectivity index (χ1n) is 18.2. The summed E-state index contributed by atoms with van der Waals surface area (Å²) in [5.41, 5.74) is 5.54. The van der Waals surface area contributed by atoms with E-state index < -0.39 is 47.9 Å². The molecule has 11 heteroatoms. The fourth-order valence-electron chi connectivity index (χ4n) is 5.31. The normalized spacial score (nSPS) is 14.4. The summed E-state index contributed by atoms with van der Waals surface area (Å²) in [4.78, 5) is 65.5. The number of carboxylic acid groups (broad SMARTS) is 1. The molecule has 0 spiro atoms. The van der Waals surface area contributed by atoms with Crippen molar-refractivity contribution in [3.05, 3.63) is 0 Å². The van der Waals surface area contributed by atoms with Crippen LogP contribution in [0.3, 0.4) is 0 Å². The third kappa shape index (κ3) is 19.7. The van der Waals surface area contributed by atoms with Gasteiger partial charge in [-0.15, -0.1) is 0 Å². The smallest absolute Gasteiger partial charge is 0.326 e. The Hall–Kier alpha value is -2.69. The van der Waals surface area contributed by atoms with Gasteiger partial charge in [-0.3, -0.25) is 19.2 Å². The monoisotopic (exact) mass is 654 g/mol. The van der Waals surface area contributed by atoms with E-state index in [-0.39, 0.29) is 18.2 Å². The predicted molar refractivity (Wildman–Crippen MR) is 184 cm³/mol. The molecule has 0 aromatic carbocycles. The molecule has 0 aromatic rings. The van der Waals surface area contributed by atoms with E-state index in [1.165, 1.54) is 0 Å². The summed E-state index contributed by atoms with van der Waals surface area (Å²) < 4.78 is 0. The summed E-state index contributed by atoms with van der Waals surface area (Å²) in [6, 6.07) is -3.68. The van der Waals surface area contributed by atoms with Crippen LogP contribution in [0.25, 0.3) is 0 Å². The lowest BCUT2D eigenvalue weighted by atomic mass is 10.0. The number of hydrogen-bond acceptors (Lipinski definition) is 6. The molecule has 0 aromatic heterocycles. The van der Waals surface area contributed by atoms with E-state index in [1.54, 1.807) is 0 Å². The summed E-state index contributed by atoms with van der Waals surface area (Å²) in [6.45, 7) is 10.6. The SMILES string of the molecule is CCCCCC(C)C(=O)NC(CCCCC)C(=O)NC(CCCCC)C(=O)NC(CCCCC)C(=O)NC(CCCCN)C(=O)O. The van der Waals surface area contributed by atoms with E-state index in [0.717, 1.165) is 70.6 Å². The highest BCUT2D eigenvalue weighted by molar-refractivity contribution is 5.95. The van der Waals surface area contributed by atoms with Gasteiger partial charge in [0.15, 0.2) is 0 Å². The number of amides is 4. The van der Waals surface area contributed by atoms with Crippen molar-refractivity contribution < 1.29 is 29.1 Å². The molecular weight excluding hydrogens is 586 g/mol.